The maximum atomic E-state index is 12.6. The van der Waals surface area contributed by atoms with Crippen LogP contribution in [0.5, 0.6) is 0 Å². The highest BCUT2D eigenvalue weighted by Crippen LogP contribution is 2.89. The van der Waals surface area contributed by atoms with Crippen LogP contribution in [0.25, 0.3) is 0 Å². The van der Waals surface area contributed by atoms with Crippen LogP contribution in [0.15, 0.2) is 30.0 Å². The van der Waals surface area contributed by atoms with E-state index in [9.17, 15) is 15.3 Å². The lowest BCUT2D eigenvalue weighted by Crippen LogP contribution is -2.60. The quantitative estimate of drug-likeness (QED) is 0.350. The smallest absolute Gasteiger partial charge is 0.110 e. The zero-order chi connectivity index (χ0) is 27.5. The Morgan fingerprint density at radius 1 is 1.15 bits per heavy atom. The molecule has 6 aliphatic rings. The second-order valence-electron chi connectivity index (χ2n) is 15.0. The molecule has 1 spiro atoms. The van der Waals surface area contributed by atoms with Crippen LogP contribution in [0.1, 0.15) is 77.3 Å². The number of ether oxygens (including phenoxy) is 1. The molecule has 5 heteroatoms. The van der Waals surface area contributed by atoms with Crippen LogP contribution in [-0.2, 0) is 17.6 Å². The van der Waals surface area contributed by atoms with Gasteiger partial charge in [-0.25, -0.2) is 0 Å². The third kappa shape index (κ3) is 3.03. The Morgan fingerprint density at radius 3 is 2.67 bits per heavy atom. The molecule has 1 aromatic carbocycles. The second-order valence-corrected chi connectivity index (χ2v) is 15.0. The summed E-state index contributed by atoms with van der Waals surface area (Å²) < 4.78 is 5.89. The lowest BCUT2D eigenvalue weighted by molar-refractivity contribution is -0.187. The number of hydrogen-bond donors (Lipinski definition) is 4. The Balaban J connectivity index is 1.23. The van der Waals surface area contributed by atoms with Gasteiger partial charge in [0, 0.05) is 24.8 Å². The molecule has 0 unspecified atom stereocenters. The van der Waals surface area contributed by atoms with E-state index < -0.39 is 11.7 Å². The van der Waals surface area contributed by atoms with Crippen LogP contribution in [0, 0.1) is 51.8 Å². The van der Waals surface area contributed by atoms with Gasteiger partial charge in [0.1, 0.15) is 11.7 Å². The molecule has 5 saturated carbocycles. The van der Waals surface area contributed by atoms with Gasteiger partial charge in [-0.05, 0) is 122 Å². The minimum atomic E-state index is -1.02. The van der Waals surface area contributed by atoms with Crippen molar-refractivity contribution >= 4 is 5.69 Å². The zero-order valence-electron chi connectivity index (χ0n) is 24.5. The van der Waals surface area contributed by atoms with E-state index in [4.69, 9.17) is 4.74 Å². The van der Waals surface area contributed by atoms with Gasteiger partial charge < -0.3 is 25.4 Å². The van der Waals surface area contributed by atoms with Crippen molar-refractivity contribution < 1.29 is 20.1 Å². The number of benzene rings is 1. The maximum Gasteiger partial charge on any atom is 0.110 e. The minimum Gasteiger partial charge on any atom is -0.512 e. The molecule has 0 aliphatic heterocycles. The van der Waals surface area contributed by atoms with Crippen molar-refractivity contribution in [3.05, 3.63) is 41.2 Å². The molecule has 4 N–H and O–H groups in total. The molecule has 6 aliphatic carbocycles. The van der Waals surface area contributed by atoms with E-state index >= 15 is 0 Å². The first-order valence-electron chi connectivity index (χ1n) is 15.7. The predicted molar refractivity (Wildman–Crippen MR) is 153 cm³/mol. The zero-order valence-corrected chi connectivity index (χ0v) is 24.5. The highest BCUT2D eigenvalue weighted by Gasteiger charge is 2.88. The van der Waals surface area contributed by atoms with Crippen LogP contribution >= 0.6 is 0 Å². The standard InChI is InChI=1S/C34H49NO4/c1-6-22-8-7-20(13-26(22)35-18-19(2)36)11-21-12-24-10-9-23-16-33(24,15-21)32(4)29-25(23)17-31(32,3)34(38)28(39-5)14-27(37)30(29)34/h7-8,13-14,19,21,23-25,28-30,35-38H,6,9-12,15-18H2,1-5H3/t19-,21+,23-,24+,25+,28-,29-,30-,31-,32-,33-,34+/m0/s1. The van der Waals surface area contributed by atoms with Crippen molar-refractivity contribution in [1.82, 2.24) is 0 Å². The van der Waals surface area contributed by atoms with Crippen LogP contribution in [0.3, 0.4) is 0 Å². The molecule has 6 bridgehead atoms. The Bertz CT molecular complexity index is 1200. The van der Waals surface area contributed by atoms with Crippen molar-refractivity contribution in [2.75, 3.05) is 19.0 Å². The number of aryl methyl sites for hydroxylation is 1. The average molecular weight is 536 g/mol. The average Bonchev–Trinajstić information content (AvgIpc) is 3.51. The van der Waals surface area contributed by atoms with Gasteiger partial charge in [0.05, 0.1) is 17.8 Å². The van der Waals surface area contributed by atoms with E-state index in [1.807, 2.05) is 13.0 Å². The van der Waals surface area contributed by atoms with Crippen LogP contribution < -0.4 is 5.32 Å². The summed E-state index contributed by atoms with van der Waals surface area (Å²) in [6, 6.07) is 6.94. The summed E-state index contributed by atoms with van der Waals surface area (Å²) in [6.45, 7) is 9.51. The monoisotopic (exact) mass is 535 g/mol. The SMILES string of the molecule is CCc1ccc(C[C@@H]2C[C@H]3CC[C@H]4C[C@]3(C2)[C@@]2(C)[C@H]3[C@@H]4C[C@]2(C)[C@@]2(O)[C@@H](OC)C=C(O)[C@@H]32)cc1NC[C@H](C)O. The normalized spacial score (nSPS) is 49.5. The summed E-state index contributed by atoms with van der Waals surface area (Å²) in [7, 11) is 1.69. The van der Waals surface area contributed by atoms with Crippen molar-refractivity contribution in [2.24, 2.45) is 51.8 Å². The van der Waals surface area contributed by atoms with Crippen molar-refractivity contribution in [2.45, 2.75) is 96.9 Å². The molecule has 0 saturated heterocycles. The molecule has 0 heterocycles. The van der Waals surface area contributed by atoms with Gasteiger partial charge >= 0.3 is 0 Å². The van der Waals surface area contributed by atoms with E-state index in [1.54, 1.807) is 7.11 Å². The largest absolute Gasteiger partial charge is 0.512 e. The summed E-state index contributed by atoms with van der Waals surface area (Å²) in [5.41, 5.74) is 2.81. The number of rotatable bonds is 7. The summed E-state index contributed by atoms with van der Waals surface area (Å²) >= 11 is 0. The number of hydrogen-bond acceptors (Lipinski definition) is 5. The van der Waals surface area contributed by atoms with Crippen molar-refractivity contribution in [3.63, 3.8) is 0 Å². The first-order chi connectivity index (χ1) is 18.5. The molecule has 0 radical (unpaired) electrons. The van der Waals surface area contributed by atoms with Crippen molar-refractivity contribution in [1.29, 1.82) is 0 Å². The van der Waals surface area contributed by atoms with E-state index in [1.165, 1.54) is 48.9 Å². The molecular weight excluding hydrogens is 486 g/mol. The minimum absolute atomic E-state index is 0.00448. The first kappa shape index (κ1) is 26.3. The highest BCUT2D eigenvalue weighted by atomic mass is 16.5. The highest BCUT2D eigenvalue weighted by molar-refractivity contribution is 5.53. The third-order valence-electron chi connectivity index (χ3n) is 13.8. The molecule has 0 aromatic heterocycles. The van der Waals surface area contributed by atoms with Gasteiger partial charge in [-0.3, -0.25) is 0 Å². The maximum absolute atomic E-state index is 12.6. The Labute approximate surface area is 234 Å². The Morgan fingerprint density at radius 2 is 1.95 bits per heavy atom. The lowest BCUT2D eigenvalue weighted by Gasteiger charge is -2.62. The lowest BCUT2D eigenvalue weighted by atomic mass is 9.42. The number of aliphatic hydroxyl groups is 3. The molecule has 5 nitrogen and oxygen atoms in total. The predicted octanol–water partition coefficient (Wildman–Crippen LogP) is 5.89. The van der Waals surface area contributed by atoms with Crippen LogP contribution in [0.2, 0.25) is 0 Å². The fourth-order valence-electron chi connectivity index (χ4n) is 12.5. The number of aliphatic hydroxyl groups excluding tert-OH is 2. The van der Waals surface area contributed by atoms with E-state index in [2.05, 4.69) is 44.3 Å². The summed E-state index contributed by atoms with van der Waals surface area (Å²) in [6.07, 6.45) is 10.6. The summed E-state index contributed by atoms with van der Waals surface area (Å²) in [5, 5.41) is 37.2. The van der Waals surface area contributed by atoms with Crippen LogP contribution in [-0.4, -0.2) is 46.8 Å². The van der Waals surface area contributed by atoms with Gasteiger partial charge in [0.25, 0.3) is 0 Å². The Hall–Kier alpha value is -1.56. The molecule has 12 atom stereocenters. The van der Waals surface area contributed by atoms with Gasteiger partial charge in [-0.15, -0.1) is 0 Å². The summed E-state index contributed by atoms with van der Waals surface area (Å²) in [5.74, 6) is 3.21. The van der Waals surface area contributed by atoms with Crippen LogP contribution in [0.4, 0.5) is 5.69 Å². The van der Waals surface area contributed by atoms with Gasteiger partial charge in [0.15, 0.2) is 0 Å². The van der Waals surface area contributed by atoms with E-state index in [-0.39, 0.29) is 28.3 Å². The summed E-state index contributed by atoms with van der Waals surface area (Å²) in [4.78, 5) is 0. The molecule has 7 rings (SSSR count). The molecule has 214 valence electrons. The van der Waals surface area contributed by atoms with E-state index in [0.717, 1.165) is 25.2 Å². The first-order valence-corrected chi connectivity index (χ1v) is 15.7. The molecular formula is C34H49NO4. The molecule has 39 heavy (non-hydrogen) atoms. The topological polar surface area (TPSA) is 82.0 Å². The number of anilines is 1. The van der Waals surface area contributed by atoms with Crippen molar-refractivity contribution in [3.8, 4) is 0 Å². The fourth-order valence-corrected chi connectivity index (χ4v) is 12.5. The van der Waals surface area contributed by atoms with E-state index in [0.29, 0.717) is 36.0 Å². The number of nitrogens with one attached hydrogen (secondary N) is 1. The van der Waals surface area contributed by atoms with Gasteiger partial charge in [-0.2, -0.15) is 0 Å². The fraction of sp³-hybridized carbons (Fsp3) is 0.765. The molecule has 5 fully saturated rings. The van der Waals surface area contributed by atoms with Gasteiger partial charge in [-0.1, -0.05) is 32.9 Å². The number of fused-ring (bicyclic) bond motifs is 4. The molecule has 1 aromatic rings. The molecule has 0 amide bonds. The third-order valence-corrected chi connectivity index (χ3v) is 13.8. The second kappa shape index (κ2) is 8.49. The van der Waals surface area contributed by atoms with Gasteiger partial charge in [0.2, 0.25) is 0 Å². The Kier molecular flexibility index (Phi) is 5.73. The number of methoxy groups -OCH3 is 1.